The molecule has 0 aromatic heterocycles. The van der Waals surface area contributed by atoms with E-state index in [9.17, 15) is 27.9 Å². The van der Waals surface area contributed by atoms with E-state index in [-0.39, 0.29) is 51.1 Å². The van der Waals surface area contributed by atoms with Crippen molar-refractivity contribution < 1.29 is 27.9 Å². The van der Waals surface area contributed by atoms with Gasteiger partial charge in [-0.05, 0) is 96.7 Å². The molecule has 8 heteroatoms. The lowest BCUT2D eigenvalue weighted by Crippen LogP contribution is -2.70. The van der Waals surface area contributed by atoms with Crippen LogP contribution in [0.3, 0.4) is 0 Å². The van der Waals surface area contributed by atoms with E-state index in [4.69, 9.17) is 5.73 Å². The molecule has 0 aliphatic heterocycles. The Morgan fingerprint density at radius 1 is 1.00 bits per heavy atom. The van der Waals surface area contributed by atoms with Crippen LogP contribution in [-0.4, -0.2) is 35.6 Å². The number of ketones is 1. The average molecular weight is 567 g/mol. The molecule has 5 aliphatic carbocycles. The molecule has 1 amide bonds. The zero-order valence-corrected chi connectivity index (χ0v) is 25.3. The van der Waals surface area contributed by atoms with E-state index >= 15 is 0 Å². The van der Waals surface area contributed by atoms with Crippen LogP contribution < -0.4 is 11.1 Å². The molecule has 0 aromatic carbocycles. The van der Waals surface area contributed by atoms with Gasteiger partial charge in [0.05, 0.1) is 17.2 Å². The summed E-state index contributed by atoms with van der Waals surface area (Å²) in [7, 11) is 0. The van der Waals surface area contributed by atoms with Gasteiger partial charge in [0.1, 0.15) is 6.54 Å². The van der Waals surface area contributed by atoms with Crippen LogP contribution in [0.1, 0.15) is 99.8 Å². The highest BCUT2D eigenvalue weighted by molar-refractivity contribution is 6.00. The first kappa shape index (κ1) is 29.9. The van der Waals surface area contributed by atoms with E-state index in [1.165, 1.54) is 0 Å². The zero-order chi connectivity index (χ0) is 29.9. The smallest absolute Gasteiger partial charge is 0.396 e. The summed E-state index contributed by atoms with van der Waals surface area (Å²) in [5.74, 6) is -0.703. The van der Waals surface area contributed by atoms with Gasteiger partial charge >= 0.3 is 6.18 Å². The lowest BCUT2D eigenvalue weighted by atomic mass is 9.31. The van der Waals surface area contributed by atoms with E-state index < -0.39 is 35.6 Å². The summed E-state index contributed by atoms with van der Waals surface area (Å²) in [6, 6.07) is 0. The van der Waals surface area contributed by atoms with Crippen LogP contribution in [0.4, 0.5) is 13.2 Å². The fraction of sp³-hybridized carbons (Fsp3) is 0.875. The van der Waals surface area contributed by atoms with Gasteiger partial charge in [0.25, 0.3) is 0 Å². The summed E-state index contributed by atoms with van der Waals surface area (Å²) in [5, 5.41) is 14.4. The van der Waals surface area contributed by atoms with E-state index in [2.05, 4.69) is 39.9 Å². The number of nitrogens with two attached hydrogens (primary N) is 1. The van der Waals surface area contributed by atoms with Gasteiger partial charge < -0.3 is 16.2 Å². The van der Waals surface area contributed by atoms with Crippen molar-refractivity contribution in [1.82, 2.24) is 5.32 Å². The summed E-state index contributed by atoms with van der Waals surface area (Å²) in [6.45, 7) is 13.9. The lowest BCUT2D eigenvalue weighted by Gasteiger charge is -2.73. The van der Waals surface area contributed by atoms with Gasteiger partial charge in [-0.25, -0.2) is 0 Å². The maximum Gasteiger partial charge on any atom is 0.405 e. The Hall–Kier alpha value is -1.57. The normalized spacial score (nSPS) is 47.6. The highest BCUT2D eigenvalue weighted by Gasteiger charge is 2.72. The van der Waals surface area contributed by atoms with Gasteiger partial charge in [-0.3, -0.25) is 9.59 Å². The van der Waals surface area contributed by atoms with E-state index in [1.807, 2.05) is 19.9 Å². The fourth-order valence-electron chi connectivity index (χ4n) is 11.3. The molecule has 9 atom stereocenters. The van der Waals surface area contributed by atoms with Crippen LogP contribution in [0.15, 0.2) is 11.8 Å². The molecular weight excluding hydrogens is 517 g/mol. The maximum absolute atomic E-state index is 13.7. The van der Waals surface area contributed by atoms with Crippen molar-refractivity contribution in [3.05, 3.63) is 11.8 Å². The van der Waals surface area contributed by atoms with Gasteiger partial charge in [0, 0.05) is 5.41 Å². The highest BCUT2D eigenvalue weighted by Crippen LogP contribution is 2.76. The molecule has 0 bridgehead atoms. The number of Topliss-reactive ketones (excluding diaryl/α,β-unsaturated/α-hetero) is 1. The number of alkyl halides is 3. The molecule has 0 radical (unpaired) electrons. The van der Waals surface area contributed by atoms with Crippen molar-refractivity contribution in [1.29, 1.82) is 0 Å². The van der Waals surface area contributed by atoms with Gasteiger partial charge in [-0.1, -0.05) is 54.5 Å². The molecule has 0 aromatic rings. The first-order valence-electron chi connectivity index (χ1n) is 15.2. The standard InChI is InChI=1S/C32H49F3N2O3/c1-26(2)10-12-31(25(40)37-17-32(33,34)35)13-11-30(7)23(18(31)15-26)20(38)14-22-28(5)16-19(36)24(39)27(3,4)21(28)8-9-29(22,30)6/h16,18,20-23,38H,8-15,17,36H2,1-7H3,(H,37,40)/t18-,20+,21-,22+,23-,28-,29+,30+,31-/m0/s1. The number of amides is 1. The Labute approximate surface area is 237 Å². The van der Waals surface area contributed by atoms with Crippen molar-refractivity contribution in [2.24, 2.45) is 61.9 Å². The third kappa shape index (κ3) is 3.96. The van der Waals surface area contributed by atoms with Crippen molar-refractivity contribution in [2.45, 2.75) is 112 Å². The molecule has 0 unspecified atom stereocenters. The number of aliphatic hydroxyl groups is 1. The van der Waals surface area contributed by atoms with Crippen molar-refractivity contribution >= 4 is 11.7 Å². The number of carbonyl (C=O) groups is 2. The maximum atomic E-state index is 13.7. The molecule has 226 valence electrons. The molecule has 0 heterocycles. The van der Waals surface area contributed by atoms with Crippen LogP contribution in [0, 0.1) is 56.2 Å². The first-order valence-corrected chi connectivity index (χ1v) is 15.2. The molecule has 40 heavy (non-hydrogen) atoms. The Kier molecular flexibility index (Phi) is 6.53. The summed E-state index contributed by atoms with van der Waals surface area (Å²) >= 11 is 0. The molecular formula is C32H49F3N2O3. The Balaban J connectivity index is 1.58. The molecule has 4 fully saturated rings. The van der Waals surface area contributed by atoms with Crippen LogP contribution >= 0.6 is 0 Å². The largest absolute Gasteiger partial charge is 0.405 e. The molecule has 0 spiro atoms. The average Bonchev–Trinajstić information content (AvgIpc) is 2.82. The predicted octanol–water partition coefficient (Wildman–Crippen LogP) is 6.15. The minimum Gasteiger partial charge on any atom is -0.396 e. The number of allylic oxidation sites excluding steroid dienone is 2. The third-order valence-corrected chi connectivity index (χ3v) is 13.5. The van der Waals surface area contributed by atoms with Crippen molar-refractivity contribution in [3.8, 4) is 0 Å². The number of carbonyl (C=O) groups excluding carboxylic acids is 2. The Morgan fingerprint density at radius 3 is 2.25 bits per heavy atom. The van der Waals surface area contributed by atoms with E-state index in [0.29, 0.717) is 37.8 Å². The van der Waals surface area contributed by atoms with E-state index in [1.54, 1.807) is 0 Å². The first-order chi connectivity index (χ1) is 18.1. The molecule has 5 aliphatic rings. The number of hydrogen-bond acceptors (Lipinski definition) is 4. The SMILES string of the molecule is CC1(C)CC[C@]2(C(=O)NCC(F)(F)F)CC[C@]3(C)[C@H]([C@H](O)C[C@@H]4[C@@]5(C)C=C(N)C(=O)C(C)(C)[C@@H]5CC[C@]43C)[C@@H]2C1. The summed E-state index contributed by atoms with van der Waals surface area (Å²) < 4.78 is 39.4. The highest BCUT2D eigenvalue weighted by atomic mass is 19.4. The Morgan fingerprint density at radius 2 is 1.62 bits per heavy atom. The van der Waals surface area contributed by atoms with Crippen LogP contribution in [0.2, 0.25) is 0 Å². The number of halogens is 3. The summed E-state index contributed by atoms with van der Waals surface area (Å²) in [5.41, 5.74) is 4.24. The van der Waals surface area contributed by atoms with Gasteiger partial charge in [-0.15, -0.1) is 0 Å². The number of aliphatic hydroxyl groups excluding tert-OH is 1. The molecule has 5 rings (SSSR count). The van der Waals surface area contributed by atoms with Crippen molar-refractivity contribution in [3.63, 3.8) is 0 Å². The molecule has 0 saturated heterocycles. The summed E-state index contributed by atoms with van der Waals surface area (Å²) in [4.78, 5) is 26.8. The van der Waals surface area contributed by atoms with Crippen LogP contribution in [0.5, 0.6) is 0 Å². The second-order valence-electron chi connectivity index (χ2n) is 16.3. The third-order valence-electron chi connectivity index (χ3n) is 13.5. The van der Waals surface area contributed by atoms with Crippen LogP contribution in [-0.2, 0) is 9.59 Å². The number of nitrogens with one attached hydrogen (secondary N) is 1. The fourth-order valence-corrected chi connectivity index (χ4v) is 11.3. The topological polar surface area (TPSA) is 92.4 Å². The zero-order valence-electron chi connectivity index (χ0n) is 25.3. The molecule has 4 saturated carbocycles. The lowest BCUT2D eigenvalue weighted by molar-refractivity contribution is -0.257. The number of fused-ring (bicyclic) bond motifs is 7. The summed E-state index contributed by atoms with van der Waals surface area (Å²) in [6.07, 6.45) is 2.38. The van der Waals surface area contributed by atoms with Gasteiger partial charge in [0.2, 0.25) is 5.91 Å². The quantitative estimate of drug-likeness (QED) is 0.374. The predicted molar refractivity (Wildman–Crippen MR) is 148 cm³/mol. The monoisotopic (exact) mass is 566 g/mol. The van der Waals surface area contributed by atoms with Gasteiger partial charge in [0.15, 0.2) is 5.78 Å². The van der Waals surface area contributed by atoms with Crippen LogP contribution in [0.25, 0.3) is 0 Å². The molecule has 4 N–H and O–H groups in total. The van der Waals surface area contributed by atoms with Crippen molar-refractivity contribution in [2.75, 3.05) is 6.54 Å². The minimum absolute atomic E-state index is 0.00391. The molecule has 5 nitrogen and oxygen atoms in total. The van der Waals surface area contributed by atoms with E-state index in [0.717, 1.165) is 19.3 Å². The number of hydrogen-bond donors (Lipinski definition) is 3. The van der Waals surface area contributed by atoms with Gasteiger partial charge in [-0.2, -0.15) is 13.2 Å². The second kappa shape index (κ2) is 8.73. The minimum atomic E-state index is -4.47. The number of rotatable bonds is 2. The second-order valence-corrected chi connectivity index (χ2v) is 16.3. The Bertz CT molecular complexity index is 1130.